The molecule has 2 aromatic carbocycles. The first-order chi connectivity index (χ1) is 24.2. The molecule has 1 saturated heterocycles. The second kappa shape index (κ2) is 15.4. The fourth-order valence-electron chi connectivity index (χ4n) is 6.54. The lowest BCUT2D eigenvalue weighted by atomic mass is 9.92. The van der Waals surface area contributed by atoms with Crippen molar-refractivity contribution < 1.29 is 32.5 Å². The maximum atomic E-state index is 15.5. The number of piperidine rings is 1. The zero-order valence-electron chi connectivity index (χ0n) is 30.7. The Hall–Kier alpha value is -4.54. The fourth-order valence-corrected chi connectivity index (χ4v) is 6.54. The minimum Gasteiger partial charge on any atom is -0.490 e. The predicted octanol–water partition coefficient (Wildman–Crippen LogP) is 9.19. The van der Waals surface area contributed by atoms with Crippen LogP contribution in [0.2, 0.25) is 0 Å². The molecule has 0 aliphatic carbocycles. The number of esters is 1. The van der Waals surface area contributed by atoms with E-state index in [-0.39, 0.29) is 23.0 Å². The molecule has 272 valence electrons. The molecule has 4 aromatic rings. The molecule has 0 amide bonds. The molecule has 51 heavy (non-hydrogen) atoms. The Labute approximate surface area is 299 Å². The van der Waals surface area contributed by atoms with Gasteiger partial charge in [0.2, 0.25) is 0 Å². The average Bonchev–Trinajstić information content (AvgIpc) is 3.51. The van der Waals surface area contributed by atoms with Crippen molar-refractivity contribution in [1.29, 1.82) is 0 Å². The van der Waals surface area contributed by atoms with Gasteiger partial charge in [-0.3, -0.25) is 4.40 Å². The number of pyridine rings is 1. The number of fused-ring (bicyclic) bond motifs is 1. The molecule has 2 atom stereocenters. The van der Waals surface area contributed by atoms with Crippen LogP contribution in [0.1, 0.15) is 71.1 Å². The van der Waals surface area contributed by atoms with Crippen LogP contribution in [0.3, 0.4) is 0 Å². The third-order valence-corrected chi connectivity index (χ3v) is 9.12. The zero-order chi connectivity index (χ0) is 37.1. The smallest absolute Gasteiger partial charge is 0.339 e. The summed E-state index contributed by atoms with van der Waals surface area (Å²) in [7, 11) is 1.36. The van der Waals surface area contributed by atoms with E-state index in [0.717, 1.165) is 30.3 Å². The van der Waals surface area contributed by atoms with E-state index >= 15 is 4.39 Å². The highest BCUT2D eigenvalue weighted by molar-refractivity contribution is 5.82. The van der Waals surface area contributed by atoms with Gasteiger partial charge in [-0.25, -0.2) is 18.6 Å². The Bertz CT molecular complexity index is 1910. The second-order valence-electron chi connectivity index (χ2n) is 14.4. The van der Waals surface area contributed by atoms with E-state index in [1.807, 2.05) is 57.3 Å². The van der Waals surface area contributed by atoms with Gasteiger partial charge in [-0.05, 0) is 89.8 Å². The Morgan fingerprint density at radius 2 is 1.78 bits per heavy atom. The quantitative estimate of drug-likeness (QED) is 0.102. The van der Waals surface area contributed by atoms with Gasteiger partial charge in [0.15, 0.2) is 17.7 Å². The Kier molecular flexibility index (Phi) is 11.4. The summed E-state index contributed by atoms with van der Waals surface area (Å²) >= 11 is 0. The molecule has 1 aliphatic rings. The average molecular weight is 702 g/mol. The molecule has 0 saturated carbocycles. The molecule has 0 N–H and O–H groups in total. The van der Waals surface area contributed by atoms with Crippen molar-refractivity contribution in [2.24, 2.45) is 0 Å². The first-order valence-corrected chi connectivity index (χ1v) is 17.3. The number of ether oxygens (including phenoxy) is 4. The lowest BCUT2D eigenvalue weighted by Crippen LogP contribution is -2.45. The van der Waals surface area contributed by atoms with Gasteiger partial charge < -0.3 is 23.8 Å². The lowest BCUT2D eigenvalue weighted by Gasteiger charge is -2.41. The minimum atomic E-state index is -1.01. The number of aryl methyl sites for hydroxylation is 1. The van der Waals surface area contributed by atoms with Crippen molar-refractivity contribution in [3.05, 3.63) is 96.7 Å². The number of nitrogens with zero attached hydrogens (tertiary/aromatic N) is 3. The molecule has 1 fully saturated rings. The number of hydrogen-bond acceptors (Lipinski definition) is 7. The maximum absolute atomic E-state index is 15.5. The van der Waals surface area contributed by atoms with Gasteiger partial charge >= 0.3 is 5.97 Å². The number of imidazole rings is 1. The van der Waals surface area contributed by atoms with Crippen LogP contribution in [0.4, 0.5) is 14.6 Å². The molecule has 0 radical (unpaired) electrons. The molecular weight excluding hydrogens is 652 g/mol. The highest BCUT2D eigenvalue weighted by atomic mass is 19.2. The molecule has 0 bridgehead atoms. The molecule has 3 heterocycles. The van der Waals surface area contributed by atoms with E-state index in [4.69, 9.17) is 23.9 Å². The molecule has 1 aliphatic heterocycles. The summed E-state index contributed by atoms with van der Waals surface area (Å²) in [5, 5.41) is 0. The van der Waals surface area contributed by atoms with Crippen LogP contribution in [-0.2, 0) is 19.0 Å². The number of carbonyl (C=O) groups excluding carboxylic acids is 1. The number of hydrogen-bond donors (Lipinski definition) is 0. The Balaban J connectivity index is 1.66. The van der Waals surface area contributed by atoms with E-state index < -0.39 is 29.3 Å². The number of rotatable bonds is 13. The third kappa shape index (κ3) is 8.34. The molecule has 5 rings (SSSR count). The van der Waals surface area contributed by atoms with E-state index in [1.165, 1.54) is 13.2 Å². The third-order valence-electron chi connectivity index (χ3n) is 9.12. The maximum Gasteiger partial charge on any atom is 0.339 e. The van der Waals surface area contributed by atoms with Crippen molar-refractivity contribution in [1.82, 2.24) is 9.38 Å². The number of halogens is 2. The van der Waals surface area contributed by atoms with Crippen LogP contribution in [0.5, 0.6) is 5.75 Å². The largest absolute Gasteiger partial charge is 0.490 e. The summed E-state index contributed by atoms with van der Waals surface area (Å²) < 4.78 is 56.0. The first kappa shape index (κ1) is 37.7. The van der Waals surface area contributed by atoms with Crippen LogP contribution >= 0.6 is 0 Å². The summed E-state index contributed by atoms with van der Waals surface area (Å²) in [6.45, 7) is 20.9. The molecule has 10 heteroatoms. The van der Waals surface area contributed by atoms with Gasteiger partial charge in [-0.15, -0.1) is 13.2 Å². The predicted molar refractivity (Wildman–Crippen MR) is 197 cm³/mol. The molecule has 8 nitrogen and oxygen atoms in total. The lowest BCUT2D eigenvalue weighted by molar-refractivity contribution is -0.164. The van der Waals surface area contributed by atoms with Gasteiger partial charge in [-0.1, -0.05) is 30.4 Å². The van der Waals surface area contributed by atoms with Gasteiger partial charge in [0.1, 0.15) is 17.2 Å². The first-order valence-electron chi connectivity index (χ1n) is 17.3. The number of benzene rings is 2. The van der Waals surface area contributed by atoms with E-state index in [1.54, 1.807) is 30.4 Å². The van der Waals surface area contributed by atoms with Crippen molar-refractivity contribution in [3.63, 3.8) is 0 Å². The van der Waals surface area contributed by atoms with Crippen LogP contribution < -0.4 is 9.64 Å². The van der Waals surface area contributed by atoms with Gasteiger partial charge in [-0.2, -0.15) is 0 Å². The van der Waals surface area contributed by atoms with Crippen molar-refractivity contribution in [2.75, 3.05) is 31.7 Å². The van der Waals surface area contributed by atoms with Crippen molar-refractivity contribution >= 4 is 17.4 Å². The van der Waals surface area contributed by atoms with E-state index in [0.29, 0.717) is 54.1 Å². The summed E-state index contributed by atoms with van der Waals surface area (Å²) in [4.78, 5) is 20.7. The van der Waals surface area contributed by atoms with Crippen molar-refractivity contribution in [3.8, 4) is 28.1 Å². The standard InChI is InChI=1S/C41H49F2N3O5/c1-10-13-27(4)50-32-17-16-30(42)36(43)35(32)29-15-12-14-28(24-29)31-25-46-33(44-31)23-26(3)34(37(39(47)48-9)51-40(5,6)7)38(46)45-20-18-41(8,19-21-45)49-22-11-2/h10-12,14-17,23-25,27,37H,1-2,13,18-22H2,3-9H3/t27-,37?/m0/s1. The van der Waals surface area contributed by atoms with Crippen LogP contribution in [-0.4, -0.2) is 59.5 Å². The number of carbonyl (C=O) groups is 1. The molecule has 2 aromatic heterocycles. The van der Waals surface area contributed by atoms with Crippen LogP contribution in [0.15, 0.2) is 74.0 Å². The van der Waals surface area contributed by atoms with E-state index in [9.17, 15) is 9.18 Å². The Morgan fingerprint density at radius 1 is 1.08 bits per heavy atom. The Morgan fingerprint density at radius 3 is 2.43 bits per heavy atom. The highest BCUT2D eigenvalue weighted by Crippen LogP contribution is 2.41. The summed E-state index contributed by atoms with van der Waals surface area (Å²) in [5.41, 5.74) is 2.95. The van der Waals surface area contributed by atoms with E-state index in [2.05, 4.69) is 25.0 Å². The van der Waals surface area contributed by atoms with Crippen LogP contribution in [0.25, 0.3) is 28.0 Å². The highest BCUT2D eigenvalue weighted by Gasteiger charge is 2.37. The minimum absolute atomic E-state index is 0.0330. The van der Waals surface area contributed by atoms with Crippen LogP contribution in [0, 0.1) is 18.6 Å². The normalized spacial score (nSPS) is 15.7. The second-order valence-corrected chi connectivity index (χ2v) is 14.4. The molecular formula is C41H49F2N3O5. The molecule has 1 unspecified atom stereocenters. The van der Waals surface area contributed by atoms with Gasteiger partial charge in [0.05, 0.1) is 42.3 Å². The number of aromatic nitrogens is 2. The fraction of sp³-hybridized carbons (Fsp3) is 0.415. The number of methoxy groups -OCH3 is 1. The zero-order valence-corrected chi connectivity index (χ0v) is 30.7. The van der Waals surface area contributed by atoms with Gasteiger partial charge in [0.25, 0.3) is 0 Å². The summed E-state index contributed by atoms with van der Waals surface area (Å²) in [5.74, 6) is -1.46. The molecule has 0 spiro atoms. The topological polar surface area (TPSA) is 74.5 Å². The van der Waals surface area contributed by atoms with Gasteiger partial charge in [0, 0.05) is 36.8 Å². The SMILES string of the molecule is C=CCOC1(C)CCN(c2c(C(OC(C)(C)C)C(=O)OC)c(C)cc3nc(-c4cccc(-c5c(O[C@@H](C)CC=C)ccc(F)c5F)c4)cn23)CC1. The summed E-state index contributed by atoms with van der Waals surface area (Å²) in [6.07, 6.45) is 6.12. The summed E-state index contributed by atoms with van der Waals surface area (Å²) in [6, 6.07) is 11.6. The van der Waals surface area contributed by atoms with Crippen molar-refractivity contribution in [2.45, 2.75) is 84.2 Å². The monoisotopic (exact) mass is 701 g/mol. The number of anilines is 1.